The summed E-state index contributed by atoms with van der Waals surface area (Å²) in [6, 6.07) is 0.0444. The van der Waals surface area contributed by atoms with E-state index in [2.05, 4.69) is 30.7 Å². The Morgan fingerprint density at radius 1 is 1.44 bits per heavy atom. The van der Waals surface area contributed by atoms with Crippen molar-refractivity contribution in [2.24, 2.45) is 4.99 Å². The number of amides is 1. The first kappa shape index (κ1) is 21.0. The molecule has 0 aromatic carbocycles. The first-order chi connectivity index (χ1) is 12.7. The highest BCUT2D eigenvalue weighted by atomic mass is 16.6. The molecule has 1 aromatic heterocycles. The Bertz CT molecular complexity index is 650. The number of rotatable bonds is 5. The van der Waals surface area contributed by atoms with Gasteiger partial charge in [0.1, 0.15) is 5.60 Å². The quantitative estimate of drug-likeness (QED) is 0.594. The zero-order valence-corrected chi connectivity index (χ0v) is 17.2. The lowest BCUT2D eigenvalue weighted by Gasteiger charge is -2.23. The molecule has 152 valence electrons. The van der Waals surface area contributed by atoms with Crippen LogP contribution in [0.5, 0.6) is 0 Å². The second-order valence-corrected chi connectivity index (χ2v) is 8.00. The largest absolute Gasteiger partial charge is 0.444 e. The first-order valence-corrected chi connectivity index (χ1v) is 9.45. The minimum atomic E-state index is -0.496. The van der Waals surface area contributed by atoms with Crippen LogP contribution in [0.15, 0.2) is 9.52 Å². The Balaban J connectivity index is 1.76. The van der Waals surface area contributed by atoms with Crippen molar-refractivity contribution in [2.75, 3.05) is 26.7 Å². The third-order valence-corrected chi connectivity index (χ3v) is 4.04. The third-order valence-electron chi connectivity index (χ3n) is 4.04. The maximum Gasteiger partial charge on any atom is 0.407 e. The van der Waals surface area contributed by atoms with Crippen LogP contribution in [-0.2, 0) is 11.2 Å². The van der Waals surface area contributed by atoms with Crippen molar-refractivity contribution >= 4 is 12.1 Å². The highest BCUT2D eigenvalue weighted by Crippen LogP contribution is 2.12. The fourth-order valence-corrected chi connectivity index (χ4v) is 2.76. The van der Waals surface area contributed by atoms with Gasteiger partial charge in [-0.05, 0) is 27.2 Å². The van der Waals surface area contributed by atoms with Crippen molar-refractivity contribution < 1.29 is 14.1 Å². The van der Waals surface area contributed by atoms with Gasteiger partial charge in [-0.15, -0.1) is 0 Å². The van der Waals surface area contributed by atoms with Crippen LogP contribution in [0.25, 0.3) is 0 Å². The van der Waals surface area contributed by atoms with Crippen LogP contribution >= 0.6 is 0 Å². The second-order valence-electron chi connectivity index (χ2n) is 8.00. The van der Waals surface area contributed by atoms with E-state index in [-0.39, 0.29) is 18.1 Å². The average molecular weight is 380 g/mol. The topological polar surface area (TPSA) is 105 Å². The van der Waals surface area contributed by atoms with Gasteiger partial charge in [0, 0.05) is 39.0 Å². The SMILES string of the molecule is CN=C(NCCc1nc(C(C)C)no1)N1CCC(NC(=O)OC(C)(C)C)C1. The summed E-state index contributed by atoms with van der Waals surface area (Å²) in [7, 11) is 1.75. The van der Waals surface area contributed by atoms with Crippen molar-refractivity contribution in [3.8, 4) is 0 Å². The van der Waals surface area contributed by atoms with Gasteiger partial charge < -0.3 is 24.8 Å². The number of ether oxygens (including phenoxy) is 1. The number of nitrogens with one attached hydrogen (secondary N) is 2. The van der Waals surface area contributed by atoms with E-state index in [0.29, 0.717) is 25.4 Å². The zero-order valence-electron chi connectivity index (χ0n) is 17.2. The number of aliphatic imine (C=N–C) groups is 1. The van der Waals surface area contributed by atoms with Crippen molar-refractivity contribution in [2.45, 2.75) is 65.0 Å². The fraction of sp³-hybridized carbons (Fsp3) is 0.778. The van der Waals surface area contributed by atoms with Gasteiger partial charge in [-0.1, -0.05) is 19.0 Å². The molecule has 0 bridgehead atoms. The zero-order chi connectivity index (χ0) is 20.0. The molecule has 0 spiro atoms. The van der Waals surface area contributed by atoms with Crippen LogP contribution in [0, 0.1) is 0 Å². The summed E-state index contributed by atoms with van der Waals surface area (Å²) in [4.78, 5) is 22.7. The number of alkyl carbamates (subject to hydrolysis) is 1. The summed E-state index contributed by atoms with van der Waals surface area (Å²) in [6.45, 7) is 11.8. The number of aromatic nitrogens is 2. The molecule has 0 radical (unpaired) electrons. The molecule has 1 aliphatic heterocycles. The van der Waals surface area contributed by atoms with E-state index in [1.165, 1.54) is 0 Å². The number of nitrogens with zero attached hydrogens (tertiary/aromatic N) is 4. The normalized spacial score (nSPS) is 18.1. The summed E-state index contributed by atoms with van der Waals surface area (Å²) in [5, 5.41) is 10.2. The maximum atomic E-state index is 11.9. The molecule has 1 aliphatic rings. The molecule has 1 fully saturated rings. The molecule has 2 heterocycles. The van der Waals surface area contributed by atoms with Crippen molar-refractivity contribution in [3.05, 3.63) is 11.7 Å². The van der Waals surface area contributed by atoms with Gasteiger partial charge in [-0.2, -0.15) is 4.98 Å². The first-order valence-electron chi connectivity index (χ1n) is 9.45. The van der Waals surface area contributed by atoms with Gasteiger partial charge in [0.25, 0.3) is 0 Å². The van der Waals surface area contributed by atoms with E-state index >= 15 is 0 Å². The van der Waals surface area contributed by atoms with Gasteiger partial charge in [-0.3, -0.25) is 4.99 Å². The predicted octanol–water partition coefficient (Wildman–Crippen LogP) is 1.91. The Morgan fingerprint density at radius 3 is 2.78 bits per heavy atom. The molecule has 0 saturated carbocycles. The summed E-state index contributed by atoms with van der Waals surface area (Å²) >= 11 is 0. The smallest absolute Gasteiger partial charge is 0.407 e. The lowest BCUT2D eigenvalue weighted by molar-refractivity contribution is 0.0507. The maximum absolute atomic E-state index is 11.9. The summed E-state index contributed by atoms with van der Waals surface area (Å²) < 4.78 is 10.6. The van der Waals surface area contributed by atoms with Crippen LogP contribution in [-0.4, -0.2) is 65.4 Å². The summed E-state index contributed by atoms with van der Waals surface area (Å²) in [5.41, 5.74) is -0.496. The van der Waals surface area contributed by atoms with E-state index in [4.69, 9.17) is 9.26 Å². The predicted molar refractivity (Wildman–Crippen MR) is 103 cm³/mol. The number of guanidine groups is 1. The molecular weight excluding hydrogens is 348 g/mol. The number of carbonyl (C=O) groups is 1. The summed E-state index contributed by atoms with van der Waals surface area (Å²) in [6.07, 6.45) is 1.10. The highest BCUT2D eigenvalue weighted by molar-refractivity contribution is 5.80. The van der Waals surface area contributed by atoms with Crippen molar-refractivity contribution in [3.63, 3.8) is 0 Å². The van der Waals surface area contributed by atoms with E-state index in [1.807, 2.05) is 34.6 Å². The van der Waals surface area contributed by atoms with Crippen LogP contribution in [0.3, 0.4) is 0 Å². The molecule has 1 amide bonds. The average Bonchev–Trinajstić information content (AvgIpc) is 3.19. The molecule has 1 aromatic rings. The number of carbonyl (C=O) groups excluding carboxylic acids is 1. The van der Waals surface area contributed by atoms with Crippen LogP contribution < -0.4 is 10.6 Å². The van der Waals surface area contributed by atoms with Crippen LogP contribution in [0.4, 0.5) is 4.79 Å². The molecule has 2 N–H and O–H groups in total. The van der Waals surface area contributed by atoms with Gasteiger partial charge in [-0.25, -0.2) is 4.79 Å². The standard InChI is InChI=1S/C18H32N6O3/c1-12(2)15-22-14(27-23-15)7-9-20-16(19-6)24-10-8-13(11-24)21-17(25)26-18(3,4)5/h12-13H,7-11H2,1-6H3,(H,19,20)(H,21,25). The Labute approximate surface area is 160 Å². The fourth-order valence-electron chi connectivity index (χ4n) is 2.76. The lowest BCUT2D eigenvalue weighted by atomic mass is 10.2. The molecule has 9 heteroatoms. The molecule has 1 atom stereocenters. The van der Waals surface area contributed by atoms with Crippen molar-refractivity contribution in [1.29, 1.82) is 0 Å². The lowest BCUT2D eigenvalue weighted by Crippen LogP contribution is -2.44. The van der Waals surface area contributed by atoms with Gasteiger partial charge in [0.15, 0.2) is 11.8 Å². The Morgan fingerprint density at radius 2 is 2.19 bits per heavy atom. The number of hydrogen-bond acceptors (Lipinski definition) is 6. The van der Waals surface area contributed by atoms with Crippen molar-refractivity contribution in [1.82, 2.24) is 25.7 Å². The molecule has 0 aliphatic carbocycles. The summed E-state index contributed by atoms with van der Waals surface area (Å²) in [5.74, 6) is 2.40. The molecular formula is C18H32N6O3. The molecule has 1 saturated heterocycles. The van der Waals surface area contributed by atoms with E-state index in [9.17, 15) is 4.79 Å². The molecule has 9 nitrogen and oxygen atoms in total. The number of hydrogen-bond donors (Lipinski definition) is 2. The van der Waals surface area contributed by atoms with E-state index in [0.717, 1.165) is 24.7 Å². The molecule has 27 heavy (non-hydrogen) atoms. The second kappa shape index (κ2) is 9.05. The minimum Gasteiger partial charge on any atom is -0.444 e. The monoisotopic (exact) mass is 380 g/mol. The van der Waals surface area contributed by atoms with Gasteiger partial charge in [0.05, 0.1) is 6.04 Å². The molecule has 2 rings (SSSR count). The van der Waals surface area contributed by atoms with Gasteiger partial charge >= 0.3 is 6.09 Å². The highest BCUT2D eigenvalue weighted by Gasteiger charge is 2.27. The van der Waals surface area contributed by atoms with E-state index < -0.39 is 5.60 Å². The Hall–Kier alpha value is -2.32. The van der Waals surface area contributed by atoms with E-state index in [1.54, 1.807) is 7.05 Å². The van der Waals surface area contributed by atoms with Crippen LogP contribution in [0.2, 0.25) is 0 Å². The third kappa shape index (κ3) is 6.73. The van der Waals surface area contributed by atoms with Gasteiger partial charge in [0.2, 0.25) is 5.89 Å². The molecule has 1 unspecified atom stereocenters. The minimum absolute atomic E-state index is 0.0444. The number of likely N-dealkylation sites (tertiary alicyclic amines) is 1. The van der Waals surface area contributed by atoms with Crippen LogP contribution in [0.1, 0.15) is 58.7 Å². The Kier molecular flexibility index (Phi) is 7.04.